The van der Waals surface area contributed by atoms with Crippen LogP contribution in [0.5, 0.6) is 0 Å². The second kappa shape index (κ2) is 5.86. The van der Waals surface area contributed by atoms with Crippen LogP contribution in [0, 0.1) is 0 Å². The molecule has 0 aromatic heterocycles. The highest BCUT2D eigenvalue weighted by Crippen LogP contribution is 2.05. The van der Waals surface area contributed by atoms with Gasteiger partial charge in [0.25, 0.3) is 0 Å². The van der Waals surface area contributed by atoms with Crippen molar-refractivity contribution in [2.24, 2.45) is 0 Å². The minimum Gasteiger partial charge on any atom is -0.399 e. The van der Waals surface area contributed by atoms with Gasteiger partial charge in [-0.1, -0.05) is 0 Å². The Morgan fingerprint density at radius 1 is 1.17 bits per heavy atom. The zero-order valence-corrected chi connectivity index (χ0v) is 8.24. The smallest absolute Gasteiger partial charge is 0.159 e. The van der Waals surface area contributed by atoms with Gasteiger partial charge in [-0.3, -0.25) is 4.79 Å². The summed E-state index contributed by atoms with van der Waals surface area (Å²) in [5.41, 5.74) is 6.80. The third-order valence-electron chi connectivity index (χ3n) is 1.32. The van der Waals surface area contributed by atoms with Gasteiger partial charge in [0.05, 0.1) is 0 Å². The maximum absolute atomic E-state index is 10.7. The van der Waals surface area contributed by atoms with Crippen LogP contribution in [0.4, 0.5) is 5.69 Å². The van der Waals surface area contributed by atoms with E-state index in [1.807, 2.05) is 0 Å². The van der Waals surface area contributed by atoms with E-state index < -0.39 is 0 Å². The van der Waals surface area contributed by atoms with E-state index in [-0.39, 0.29) is 30.6 Å². The molecular weight excluding hydrogens is 197 g/mol. The number of Topliss-reactive ketones (excluding diaryl/α,β-unsaturated/α-hetero) is 1. The van der Waals surface area contributed by atoms with Crippen LogP contribution in [0.25, 0.3) is 0 Å². The first-order valence-electron chi connectivity index (χ1n) is 3.06. The van der Waals surface area contributed by atoms with Gasteiger partial charge in [-0.05, 0) is 31.2 Å². The minimum absolute atomic E-state index is 0. The van der Waals surface area contributed by atoms with Crippen molar-refractivity contribution >= 4 is 36.3 Å². The van der Waals surface area contributed by atoms with Crippen molar-refractivity contribution < 1.29 is 4.79 Å². The Balaban J connectivity index is 0. The molecule has 2 N–H and O–H groups in total. The first-order valence-corrected chi connectivity index (χ1v) is 3.06. The number of hydrogen-bond acceptors (Lipinski definition) is 2. The number of rotatable bonds is 1. The van der Waals surface area contributed by atoms with Crippen LogP contribution in [0.1, 0.15) is 17.3 Å². The fourth-order valence-corrected chi connectivity index (χ4v) is 0.718. The standard InChI is InChI=1S/C8H9NO.2ClH/c1-6(10)7-2-4-8(9)5-3-7;;/h2-5H,9H2,1H3;2*1H. The summed E-state index contributed by atoms with van der Waals surface area (Å²) in [6.07, 6.45) is 0. The molecule has 0 radical (unpaired) electrons. The highest BCUT2D eigenvalue weighted by molar-refractivity contribution is 5.94. The Morgan fingerprint density at radius 2 is 1.58 bits per heavy atom. The third-order valence-corrected chi connectivity index (χ3v) is 1.32. The van der Waals surface area contributed by atoms with Crippen molar-refractivity contribution in [3.63, 3.8) is 0 Å². The number of nitrogens with two attached hydrogens (primary N) is 1. The molecule has 0 aliphatic heterocycles. The van der Waals surface area contributed by atoms with Gasteiger partial charge in [0.2, 0.25) is 0 Å². The number of nitrogen functional groups attached to an aromatic ring is 1. The van der Waals surface area contributed by atoms with Gasteiger partial charge in [-0.15, -0.1) is 24.8 Å². The molecule has 0 aliphatic carbocycles. The van der Waals surface area contributed by atoms with E-state index in [1.165, 1.54) is 6.92 Å². The summed E-state index contributed by atoms with van der Waals surface area (Å²) in [5, 5.41) is 0. The first-order chi connectivity index (χ1) is 4.70. The van der Waals surface area contributed by atoms with Crippen LogP contribution in [0.3, 0.4) is 0 Å². The lowest BCUT2D eigenvalue weighted by Crippen LogP contribution is -1.91. The molecule has 0 atom stereocenters. The molecule has 12 heavy (non-hydrogen) atoms. The molecule has 0 bridgehead atoms. The van der Waals surface area contributed by atoms with Crippen molar-refractivity contribution in [2.75, 3.05) is 5.73 Å². The van der Waals surface area contributed by atoms with Crippen LogP contribution in [0.2, 0.25) is 0 Å². The van der Waals surface area contributed by atoms with E-state index in [4.69, 9.17) is 5.73 Å². The third kappa shape index (κ3) is 3.60. The molecule has 1 aromatic rings. The zero-order chi connectivity index (χ0) is 7.56. The van der Waals surface area contributed by atoms with Crippen molar-refractivity contribution in [3.05, 3.63) is 29.8 Å². The summed E-state index contributed by atoms with van der Waals surface area (Å²) in [6, 6.07) is 6.88. The molecule has 0 amide bonds. The number of benzene rings is 1. The Morgan fingerprint density at radius 3 is 1.92 bits per heavy atom. The maximum atomic E-state index is 10.7. The Hall–Kier alpha value is -0.730. The topological polar surface area (TPSA) is 43.1 Å². The van der Waals surface area contributed by atoms with Crippen LogP contribution in [0.15, 0.2) is 24.3 Å². The van der Waals surface area contributed by atoms with Crippen molar-refractivity contribution in [1.29, 1.82) is 0 Å². The Labute approximate surface area is 84.0 Å². The fourth-order valence-electron chi connectivity index (χ4n) is 0.718. The van der Waals surface area contributed by atoms with Crippen LogP contribution < -0.4 is 5.73 Å². The van der Waals surface area contributed by atoms with Crippen LogP contribution >= 0.6 is 24.8 Å². The number of halogens is 2. The summed E-state index contributed by atoms with van der Waals surface area (Å²) >= 11 is 0. The molecule has 1 rings (SSSR count). The lowest BCUT2D eigenvalue weighted by Gasteiger charge is -1.94. The van der Waals surface area contributed by atoms with Gasteiger partial charge >= 0.3 is 0 Å². The SMILES string of the molecule is CC(=O)c1ccc(N)cc1.Cl.Cl. The summed E-state index contributed by atoms with van der Waals surface area (Å²) in [7, 11) is 0. The summed E-state index contributed by atoms with van der Waals surface area (Å²) < 4.78 is 0. The normalized spacial score (nSPS) is 7.75. The van der Waals surface area contributed by atoms with E-state index in [0.29, 0.717) is 11.3 Å². The molecule has 0 spiro atoms. The van der Waals surface area contributed by atoms with E-state index in [0.717, 1.165) is 0 Å². The highest BCUT2D eigenvalue weighted by Gasteiger charge is 1.95. The predicted molar refractivity (Wildman–Crippen MR) is 55.4 cm³/mol. The van der Waals surface area contributed by atoms with E-state index in [9.17, 15) is 4.79 Å². The fraction of sp³-hybridized carbons (Fsp3) is 0.125. The van der Waals surface area contributed by atoms with E-state index >= 15 is 0 Å². The lowest BCUT2D eigenvalue weighted by molar-refractivity contribution is 0.101. The predicted octanol–water partition coefficient (Wildman–Crippen LogP) is 2.32. The monoisotopic (exact) mass is 207 g/mol. The number of hydrogen-bond donors (Lipinski definition) is 1. The number of carbonyl (C=O) groups is 1. The van der Waals surface area contributed by atoms with Crippen molar-refractivity contribution in [3.8, 4) is 0 Å². The average Bonchev–Trinajstić information content (AvgIpc) is 1.88. The Kier molecular flexibility index (Phi) is 6.76. The minimum atomic E-state index is 0. The summed E-state index contributed by atoms with van der Waals surface area (Å²) in [5.74, 6) is 0.0694. The molecule has 0 heterocycles. The Bertz CT molecular complexity index is 246. The van der Waals surface area contributed by atoms with Gasteiger partial charge < -0.3 is 5.73 Å². The number of anilines is 1. The number of ketones is 1. The van der Waals surface area contributed by atoms with Crippen LogP contribution in [-0.4, -0.2) is 5.78 Å². The zero-order valence-electron chi connectivity index (χ0n) is 6.61. The summed E-state index contributed by atoms with van der Waals surface area (Å²) in [4.78, 5) is 10.7. The van der Waals surface area contributed by atoms with Gasteiger partial charge in [0.15, 0.2) is 5.78 Å². The van der Waals surface area contributed by atoms with Crippen molar-refractivity contribution in [2.45, 2.75) is 6.92 Å². The molecule has 4 heteroatoms. The molecule has 0 fully saturated rings. The summed E-state index contributed by atoms with van der Waals surface area (Å²) in [6.45, 7) is 1.53. The average molecular weight is 208 g/mol. The quantitative estimate of drug-likeness (QED) is 0.568. The molecular formula is C8H11Cl2NO. The molecule has 0 unspecified atom stereocenters. The highest BCUT2D eigenvalue weighted by atomic mass is 35.5. The van der Waals surface area contributed by atoms with Gasteiger partial charge in [0, 0.05) is 11.3 Å². The van der Waals surface area contributed by atoms with E-state index in [1.54, 1.807) is 24.3 Å². The lowest BCUT2D eigenvalue weighted by atomic mass is 10.1. The second-order valence-corrected chi connectivity index (χ2v) is 2.18. The van der Waals surface area contributed by atoms with Gasteiger partial charge in [-0.25, -0.2) is 0 Å². The molecule has 0 aliphatic rings. The van der Waals surface area contributed by atoms with Crippen molar-refractivity contribution in [1.82, 2.24) is 0 Å². The maximum Gasteiger partial charge on any atom is 0.159 e. The van der Waals surface area contributed by atoms with Gasteiger partial charge in [0.1, 0.15) is 0 Å². The molecule has 0 saturated heterocycles. The molecule has 68 valence electrons. The molecule has 2 nitrogen and oxygen atoms in total. The second-order valence-electron chi connectivity index (χ2n) is 2.18. The van der Waals surface area contributed by atoms with Gasteiger partial charge in [-0.2, -0.15) is 0 Å². The van der Waals surface area contributed by atoms with Crippen LogP contribution in [-0.2, 0) is 0 Å². The number of carbonyl (C=O) groups excluding carboxylic acids is 1. The largest absolute Gasteiger partial charge is 0.399 e. The molecule has 0 saturated carbocycles. The molecule has 1 aromatic carbocycles. The first kappa shape index (κ1) is 13.8. The van der Waals surface area contributed by atoms with E-state index in [2.05, 4.69) is 0 Å².